The van der Waals surface area contributed by atoms with Crippen LogP contribution >= 0.6 is 11.6 Å². The summed E-state index contributed by atoms with van der Waals surface area (Å²) in [6.45, 7) is 2.29. The molecule has 0 bridgehead atoms. The van der Waals surface area contributed by atoms with Crippen LogP contribution in [0.25, 0.3) is 0 Å². The minimum absolute atomic E-state index is 0.159. The summed E-state index contributed by atoms with van der Waals surface area (Å²) in [6, 6.07) is 4.75. The fraction of sp³-hybridized carbons (Fsp3) is 0.455. The molecule has 1 aliphatic heterocycles. The summed E-state index contributed by atoms with van der Waals surface area (Å²) in [6.07, 6.45) is 0.593. The van der Waals surface area contributed by atoms with Gasteiger partial charge in [-0.25, -0.2) is 4.39 Å². The predicted molar refractivity (Wildman–Crippen MR) is 57.3 cm³/mol. The normalized spacial score (nSPS) is 22.2. The van der Waals surface area contributed by atoms with E-state index in [1.165, 1.54) is 6.07 Å². The van der Waals surface area contributed by atoms with Crippen LogP contribution in [0, 0.1) is 5.82 Å². The summed E-state index contributed by atoms with van der Waals surface area (Å²) < 4.78 is 12.9. The van der Waals surface area contributed by atoms with E-state index in [1.807, 2.05) is 0 Å². The largest absolute Gasteiger partial charge is 0.392 e. The first-order valence-corrected chi connectivity index (χ1v) is 5.37. The van der Waals surface area contributed by atoms with Crippen molar-refractivity contribution in [2.24, 2.45) is 0 Å². The highest BCUT2D eigenvalue weighted by molar-refractivity contribution is 6.30. The molecule has 1 aliphatic rings. The Labute approximate surface area is 93.3 Å². The molecule has 0 aromatic heterocycles. The fourth-order valence-corrected chi connectivity index (χ4v) is 2.06. The van der Waals surface area contributed by atoms with E-state index < -0.39 is 0 Å². The van der Waals surface area contributed by atoms with Crippen molar-refractivity contribution < 1.29 is 9.50 Å². The molecule has 0 aliphatic carbocycles. The van der Waals surface area contributed by atoms with Gasteiger partial charge in [-0.05, 0) is 24.1 Å². The second-order valence-corrected chi connectivity index (χ2v) is 4.33. The van der Waals surface area contributed by atoms with Crippen LogP contribution in [-0.4, -0.2) is 29.2 Å². The number of benzene rings is 1. The Morgan fingerprint density at radius 3 is 2.93 bits per heavy atom. The van der Waals surface area contributed by atoms with E-state index in [9.17, 15) is 9.50 Å². The highest BCUT2D eigenvalue weighted by Gasteiger charge is 2.19. The second-order valence-electron chi connectivity index (χ2n) is 3.93. The number of hydrogen-bond acceptors (Lipinski definition) is 2. The third-order valence-corrected chi connectivity index (χ3v) is 2.93. The van der Waals surface area contributed by atoms with Gasteiger partial charge >= 0.3 is 0 Å². The second kappa shape index (κ2) is 4.47. The van der Waals surface area contributed by atoms with E-state index in [-0.39, 0.29) is 16.9 Å². The SMILES string of the molecule is OC1CCN(Cc2ccc(F)c(Cl)c2)C1. The third kappa shape index (κ3) is 2.68. The Bertz CT molecular complexity index is 358. The molecule has 0 spiro atoms. The van der Waals surface area contributed by atoms with Crippen LogP contribution in [0.2, 0.25) is 5.02 Å². The Morgan fingerprint density at radius 2 is 2.33 bits per heavy atom. The smallest absolute Gasteiger partial charge is 0.141 e. The Balaban J connectivity index is 2.02. The molecule has 0 amide bonds. The lowest BCUT2D eigenvalue weighted by molar-refractivity contribution is 0.175. The van der Waals surface area contributed by atoms with Crippen molar-refractivity contribution in [2.45, 2.75) is 19.1 Å². The van der Waals surface area contributed by atoms with Gasteiger partial charge in [-0.15, -0.1) is 0 Å². The van der Waals surface area contributed by atoms with Crippen LogP contribution in [0.4, 0.5) is 4.39 Å². The molecular formula is C11H13ClFNO. The summed E-state index contributed by atoms with van der Waals surface area (Å²) in [4.78, 5) is 2.13. The zero-order chi connectivity index (χ0) is 10.8. The maximum Gasteiger partial charge on any atom is 0.141 e. The molecule has 2 nitrogen and oxygen atoms in total. The van der Waals surface area contributed by atoms with Gasteiger partial charge in [-0.1, -0.05) is 17.7 Å². The van der Waals surface area contributed by atoms with Gasteiger partial charge in [0.1, 0.15) is 5.82 Å². The van der Waals surface area contributed by atoms with E-state index in [1.54, 1.807) is 12.1 Å². The van der Waals surface area contributed by atoms with Crippen LogP contribution in [0.5, 0.6) is 0 Å². The molecule has 1 N–H and O–H groups in total. The Morgan fingerprint density at radius 1 is 1.53 bits per heavy atom. The topological polar surface area (TPSA) is 23.5 Å². The molecule has 2 rings (SSSR count). The van der Waals surface area contributed by atoms with E-state index in [0.717, 1.165) is 25.1 Å². The molecule has 1 atom stereocenters. The lowest BCUT2D eigenvalue weighted by atomic mass is 10.2. The molecule has 0 saturated carbocycles. The molecule has 1 heterocycles. The van der Waals surface area contributed by atoms with Gasteiger partial charge in [0, 0.05) is 19.6 Å². The van der Waals surface area contributed by atoms with Crippen LogP contribution < -0.4 is 0 Å². The molecular weight excluding hydrogens is 217 g/mol. The monoisotopic (exact) mass is 229 g/mol. The third-order valence-electron chi connectivity index (χ3n) is 2.64. The molecule has 1 unspecified atom stereocenters. The highest BCUT2D eigenvalue weighted by Crippen LogP contribution is 2.19. The molecule has 82 valence electrons. The van der Waals surface area contributed by atoms with Crippen LogP contribution in [-0.2, 0) is 6.54 Å². The van der Waals surface area contributed by atoms with Crippen molar-refractivity contribution in [3.63, 3.8) is 0 Å². The minimum Gasteiger partial charge on any atom is -0.392 e. The van der Waals surface area contributed by atoms with Crippen molar-refractivity contribution in [1.82, 2.24) is 4.90 Å². The van der Waals surface area contributed by atoms with Crippen molar-refractivity contribution >= 4 is 11.6 Å². The number of nitrogens with zero attached hydrogens (tertiary/aromatic N) is 1. The maximum atomic E-state index is 12.9. The number of rotatable bonds is 2. The van der Waals surface area contributed by atoms with Crippen molar-refractivity contribution in [3.8, 4) is 0 Å². The minimum atomic E-state index is -0.387. The van der Waals surface area contributed by atoms with E-state index in [4.69, 9.17) is 11.6 Å². The number of halogens is 2. The van der Waals surface area contributed by atoms with Gasteiger partial charge in [0.2, 0.25) is 0 Å². The molecule has 15 heavy (non-hydrogen) atoms. The molecule has 4 heteroatoms. The van der Waals surface area contributed by atoms with Gasteiger partial charge in [-0.2, -0.15) is 0 Å². The van der Waals surface area contributed by atoms with Crippen molar-refractivity contribution in [1.29, 1.82) is 0 Å². The van der Waals surface area contributed by atoms with Crippen LogP contribution in [0.3, 0.4) is 0 Å². The van der Waals surface area contributed by atoms with Gasteiger partial charge in [-0.3, -0.25) is 4.90 Å². The number of β-amino-alcohol motifs (C(OH)–C–C–N with tert-alkyl or cyclic N) is 1. The first-order valence-electron chi connectivity index (χ1n) is 4.99. The summed E-state index contributed by atoms with van der Waals surface area (Å²) in [5.41, 5.74) is 0.982. The number of hydrogen-bond donors (Lipinski definition) is 1. The molecule has 1 aromatic rings. The summed E-state index contributed by atoms with van der Waals surface area (Å²) in [5.74, 6) is -0.387. The standard InChI is InChI=1S/C11H13ClFNO/c12-10-5-8(1-2-11(10)13)6-14-4-3-9(15)7-14/h1-2,5,9,15H,3-4,6-7H2. The van der Waals surface area contributed by atoms with E-state index >= 15 is 0 Å². The zero-order valence-electron chi connectivity index (χ0n) is 8.29. The average Bonchev–Trinajstić information content (AvgIpc) is 2.58. The maximum absolute atomic E-state index is 12.9. The summed E-state index contributed by atoms with van der Waals surface area (Å²) >= 11 is 5.69. The van der Waals surface area contributed by atoms with Crippen LogP contribution in [0.1, 0.15) is 12.0 Å². The van der Waals surface area contributed by atoms with E-state index in [0.29, 0.717) is 6.54 Å². The molecule has 1 saturated heterocycles. The highest BCUT2D eigenvalue weighted by atomic mass is 35.5. The Hall–Kier alpha value is -0.640. The average molecular weight is 230 g/mol. The molecule has 1 fully saturated rings. The Kier molecular flexibility index (Phi) is 3.24. The van der Waals surface area contributed by atoms with Crippen molar-refractivity contribution in [3.05, 3.63) is 34.6 Å². The quantitative estimate of drug-likeness (QED) is 0.839. The van der Waals surface area contributed by atoms with Gasteiger partial charge < -0.3 is 5.11 Å². The van der Waals surface area contributed by atoms with Gasteiger partial charge in [0.05, 0.1) is 11.1 Å². The molecule has 0 radical (unpaired) electrons. The lowest BCUT2D eigenvalue weighted by Crippen LogP contribution is -2.21. The fourth-order valence-electron chi connectivity index (χ4n) is 1.85. The van der Waals surface area contributed by atoms with Crippen molar-refractivity contribution in [2.75, 3.05) is 13.1 Å². The van der Waals surface area contributed by atoms with Gasteiger partial charge in [0.25, 0.3) is 0 Å². The summed E-state index contributed by atoms with van der Waals surface area (Å²) in [7, 11) is 0. The number of aliphatic hydroxyl groups excluding tert-OH is 1. The number of aliphatic hydroxyl groups is 1. The zero-order valence-corrected chi connectivity index (χ0v) is 9.04. The number of likely N-dealkylation sites (tertiary alicyclic amines) is 1. The van der Waals surface area contributed by atoms with E-state index in [2.05, 4.69) is 4.90 Å². The summed E-state index contributed by atoms with van der Waals surface area (Å²) in [5, 5.41) is 9.51. The van der Waals surface area contributed by atoms with Gasteiger partial charge in [0.15, 0.2) is 0 Å². The first kappa shape index (κ1) is 10.9. The predicted octanol–water partition coefficient (Wildman–Crippen LogP) is 2.05. The molecule has 1 aromatic carbocycles. The first-order chi connectivity index (χ1) is 7.15. The van der Waals surface area contributed by atoms with Crippen LogP contribution in [0.15, 0.2) is 18.2 Å². The lowest BCUT2D eigenvalue weighted by Gasteiger charge is -2.14.